The molecule has 10 rings (SSSR count). The summed E-state index contributed by atoms with van der Waals surface area (Å²) in [6, 6.07) is 27.2. The Morgan fingerprint density at radius 1 is 0.319 bits per heavy atom. The fraction of sp³-hybridized carbons (Fsp3) is 0.286. The predicted octanol–water partition coefficient (Wildman–Crippen LogP) is 15.1. The molecule has 6 heteroatoms. The second-order valence-electron chi connectivity index (χ2n) is 21.8. The molecule has 0 amide bonds. The van der Waals surface area contributed by atoms with E-state index >= 15 is 0 Å². The molecule has 0 saturated carbocycles. The van der Waals surface area contributed by atoms with Crippen molar-refractivity contribution in [3.8, 4) is 0 Å². The average molecular weight is 907 g/mol. The topological polar surface area (TPSA) is 84.4 Å². The molecule has 6 nitrogen and oxygen atoms in total. The van der Waals surface area contributed by atoms with Crippen LogP contribution in [0.5, 0.6) is 0 Å². The summed E-state index contributed by atoms with van der Waals surface area (Å²) >= 11 is 0. The van der Waals surface area contributed by atoms with Crippen molar-refractivity contribution in [2.75, 3.05) is 0 Å². The molecule has 7 heterocycles. The van der Waals surface area contributed by atoms with Crippen LogP contribution in [0, 0.1) is 67.7 Å². The summed E-state index contributed by atoms with van der Waals surface area (Å²) in [5.41, 5.74) is 28.8. The minimum absolute atomic E-state index is 0.410. The predicted molar refractivity (Wildman–Crippen MR) is 291 cm³/mol. The lowest BCUT2D eigenvalue weighted by Gasteiger charge is -2.24. The van der Waals surface area contributed by atoms with Gasteiger partial charge in [0.25, 0.3) is 0 Å². The molecule has 0 spiro atoms. The van der Waals surface area contributed by atoms with Gasteiger partial charge in [0.1, 0.15) is 0 Å². The Kier molecular flexibility index (Phi) is 10.8. The number of rotatable bonds is 3. The molecule has 0 saturated heterocycles. The van der Waals surface area contributed by atoms with E-state index in [0.717, 1.165) is 85.1 Å². The third-order valence-electron chi connectivity index (χ3n) is 15.3. The van der Waals surface area contributed by atoms with Gasteiger partial charge in [0.05, 0.1) is 34.2 Å². The number of aromatic amines is 3. The van der Waals surface area contributed by atoms with Crippen molar-refractivity contribution < 1.29 is 0 Å². The SMILES string of the molecule is Cc1cc(C)c(/C2=C3\C=CC(=N3)C(C)(C)C3=N/C(=C(/c4c(C)cc(C)cc4C)c4ccc([nH]4)C(C)(C)c4ccc([nH]4)/C(c4c(C)cc(C)cc4C)=C4\C=CC(=N4)C(C)(C)c4ccc2[nH]4)C=C3)c(C)c1. The molecule has 69 heavy (non-hydrogen) atoms. The first-order valence-electron chi connectivity index (χ1n) is 24.5. The Bertz CT molecular complexity index is 3410. The number of nitrogens with one attached hydrogen (secondary N) is 3. The maximum absolute atomic E-state index is 5.57. The normalized spacial score (nSPS) is 21.2. The minimum atomic E-state index is -0.501. The second-order valence-corrected chi connectivity index (χ2v) is 21.8. The number of aryl methyl sites for hydroxylation is 9. The van der Waals surface area contributed by atoms with Gasteiger partial charge in [-0.25, -0.2) is 0 Å². The Morgan fingerprint density at radius 3 is 0.870 bits per heavy atom. The Labute approximate surface area is 409 Å². The minimum Gasteiger partial charge on any atom is -0.358 e. The van der Waals surface area contributed by atoms with E-state index < -0.39 is 16.2 Å². The maximum Gasteiger partial charge on any atom is 0.0733 e. The molecule has 3 aromatic heterocycles. The highest BCUT2D eigenvalue weighted by Gasteiger charge is 2.36. The zero-order valence-corrected chi connectivity index (χ0v) is 43.2. The highest BCUT2D eigenvalue weighted by atomic mass is 14.9. The van der Waals surface area contributed by atoms with Gasteiger partial charge in [-0.2, -0.15) is 0 Å². The van der Waals surface area contributed by atoms with Crippen molar-refractivity contribution >= 4 is 33.9 Å². The van der Waals surface area contributed by atoms with Crippen LogP contribution in [0.1, 0.15) is 142 Å². The maximum atomic E-state index is 5.57. The quantitative estimate of drug-likeness (QED) is 0.158. The number of hydrogen-bond acceptors (Lipinski definition) is 3. The van der Waals surface area contributed by atoms with Gasteiger partial charge in [-0.05, 0) is 227 Å². The second kappa shape index (κ2) is 16.3. The fourth-order valence-electron chi connectivity index (χ4n) is 11.6. The van der Waals surface area contributed by atoms with Gasteiger partial charge in [0.15, 0.2) is 0 Å². The number of aliphatic imine (C=N–C) groups is 3. The highest BCUT2D eigenvalue weighted by molar-refractivity contribution is 6.22. The molecule has 3 N–H and O–H groups in total. The Balaban J connectivity index is 1.25. The Hall–Kier alpha value is -7.05. The lowest BCUT2D eigenvalue weighted by atomic mass is 9.82. The van der Waals surface area contributed by atoms with Gasteiger partial charge in [0, 0.05) is 67.1 Å². The van der Waals surface area contributed by atoms with Crippen LogP contribution >= 0.6 is 0 Å². The number of H-pyrrole nitrogens is 3. The largest absolute Gasteiger partial charge is 0.358 e. The summed E-state index contributed by atoms with van der Waals surface area (Å²) < 4.78 is 0. The summed E-state index contributed by atoms with van der Waals surface area (Å²) in [5, 5.41) is 0. The van der Waals surface area contributed by atoms with Crippen LogP contribution in [0.3, 0.4) is 0 Å². The first-order chi connectivity index (χ1) is 32.6. The molecule has 12 bridgehead atoms. The zero-order chi connectivity index (χ0) is 49.1. The first kappa shape index (κ1) is 45.7. The van der Waals surface area contributed by atoms with Crippen LogP contribution in [0.4, 0.5) is 0 Å². The smallest absolute Gasteiger partial charge is 0.0733 e. The fourth-order valence-corrected chi connectivity index (χ4v) is 11.6. The van der Waals surface area contributed by atoms with Crippen LogP contribution < -0.4 is 0 Å². The summed E-state index contributed by atoms with van der Waals surface area (Å²) in [5.74, 6) is 0. The molecule has 0 atom stereocenters. The van der Waals surface area contributed by atoms with E-state index in [-0.39, 0.29) is 0 Å². The van der Waals surface area contributed by atoms with Crippen molar-refractivity contribution in [2.45, 2.75) is 115 Å². The molecule has 0 aliphatic carbocycles. The van der Waals surface area contributed by atoms with Gasteiger partial charge in [-0.15, -0.1) is 0 Å². The van der Waals surface area contributed by atoms with Crippen molar-refractivity contribution in [3.05, 3.63) is 227 Å². The number of aromatic nitrogens is 3. The van der Waals surface area contributed by atoms with E-state index in [9.17, 15) is 0 Å². The van der Waals surface area contributed by atoms with Crippen LogP contribution in [-0.4, -0.2) is 32.1 Å². The number of benzene rings is 3. The summed E-state index contributed by atoms with van der Waals surface area (Å²) in [4.78, 5) is 28.6. The summed E-state index contributed by atoms with van der Waals surface area (Å²) in [6.07, 6.45) is 13.2. The van der Waals surface area contributed by atoms with Crippen molar-refractivity contribution in [1.82, 2.24) is 15.0 Å². The van der Waals surface area contributed by atoms with Crippen molar-refractivity contribution in [1.29, 1.82) is 0 Å². The molecular formula is C63H66N6. The summed E-state index contributed by atoms with van der Waals surface area (Å²) in [6.45, 7) is 33.5. The van der Waals surface area contributed by atoms with Crippen LogP contribution in [0.15, 0.2) is 141 Å². The van der Waals surface area contributed by atoms with Gasteiger partial charge >= 0.3 is 0 Å². The molecule has 0 radical (unpaired) electrons. The van der Waals surface area contributed by atoms with E-state index in [1.807, 2.05) is 0 Å². The molecule has 4 aliphatic heterocycles. The standard InChI is InChI=1S/C63H66N6/c1-34-28-37(4)55(38(5)29-34)58-43-16-22-49(64-43)61(10,11)51-24-18-45(66-51)59(56-39(6)30-35(2)31-40(56)7)47-20-26-53(68-47)63(14,15)54-27-21-48(69-54)60(57-41(8)32-36(3)33-42(57)9)46-19-25-52(67-46)62(12,13)50-23-17-44(58)65-50/h16-33,64,66-67H,1-15H3/b58-44-,59-47+,60-48+. The lowest BCUT2D eigenvalue weighted by molar-refractivity contribution is 0.602. The first-order valence-corrected chi connectivity index (χ1v) is 24.5. The molecule has 0 unspecified atom stereocenters. The molecule has 3 aromatic carbocycles. The zero-order valence-electron chi connectivity index (χ0n) is 43.2. The van der Waals surface area contributed by atoms with E-state index in [0.29, 0.717) is 0 Å². The molecular weight excluding hydrogens is 841 g/mol. The summed E-state index contributed by atoms with van der Waals surface area (Å²) in [7, 11) is 0. The molecule has 0 fully saturated rings. The number of hydrogen-bond donors (Lipinski definition) is 3. The van der Waals surface area contributed by atoms with Crippen molar-refractivity contribution in [3.63, 3.8) is 0 Å². The third-order valence-corrected chi connectivity index (χ3v) is 15.3. The Morgan fingerprint density at radius 2 is 0.580 bits per heavy atom. The number of allylic oxidation sites excluding steroid dienone is 6. The van der Waals surface area contributed by atoms with Crippen LogP contribution in [-0.2, 0) is 10.8 Å². The van der Waals surface area contributed by atoms with Gasteiger partial charge in [-0.3, -0.25) is 15.0 Å². The average Bonchev–Trinajstić information content (AvgIpc) is 4.12. The van der Waals surface area contributed by atoms with Crippen LogP contribution in [0.2, 0.25) is 0 Å². The lowest BCUT2D eigenvalue weighted by Crippen LogP contribution is -2.30. The third kappa shape index (κ3) is 7.60. The monoisotopic (exact) mass is 907 g/mol. The van der Waals surface area contributed by atoms with Gasteiger partial charge in [-0.1, -0.05) is 53.1 Å². The number of nitrogens with zero attached hydrogens (tertiary/aromatic N) is 3. The van der Waals surface area contributed by atoms with Gasteiger partial charge in [0.2, 0.25) is 0 Å². The van der Waals surface area contributed by atoms with E-state index in [1.165, 1.54) is 66.8 Å². The van der Waals surface area contributed by atoms with E-state index in [1.54, 1.807) is 0 Å². The highest BCUT2D eigenvalue weighted by Crippen LogP contribution is 2.44. The van der Waals surface area contributed by atoms with Crippen LogP contribution in [0.25, 0.3) is 16.7 Å². The molecule has 348 valence electrons. The molecule has 6 aromatic rings. The van der Waals surface area contributed by atoms with Crippen molar-refractivity contribution in [2.24, 2.45) is 20.4 Å². The van der Waals surface area contributed by atoms with E-state index in [4.69, 9.17) is 15.0 Å². The molecule has 4 aliphatic rings. The van der Waals surface area contributed by atoms with E-state index in [2.05, 4.69) is 228 Å². The number of fused-ring (bicyclic) bond motifs is 9. The van der Waals surface area contributed by atoms with Gasteiger partial charge < -0.3 is 15.0 Å².